The molecule has 5 heteroatoms. The standard InChI is InChI=1S/C15H19ClN4/c1-11-14(15(16)19(2)18-11)13-7-5-9-20(13)10-12-6-3-4-8-17-12/h3-4,6,8,13H,5,7,9-10H2,1-2H3/t13-/m1/s1. The van der Waals surface area contributed by atoms with E-state index in [4.69, 9.17) is 11.6 Å². The fourth-order valence-electron chi connectivity index (χ4n) is 3.07. The Morgan fingerprint density at radius 3 is 2.90 bits per heavy atom. The summed E-state index contributed by atoms with van der Waals surface area (Å²) in [5.74, 6) is 0. The molecule has 20 heavy (non-hydrogen) atoms. The van der Waals surface area contributed by atoms with Gasteiger partial charge in [-0.1, -0.05) is 17.7 Å². The van der Waals surface area contributed by atoms with E-state index in [1.165, 1.54) is 12.0 Å². The lowest BCUT2D eigenvalue weighted by Gasteiger charge is -2.24. The Balaban J connectivity index is 1.85. The van der Waals surface area contributed by atoms with Crippen molar-refractivity contribution in [3.05, 3.63) is 46.5 Å². The molecular weight excluding hydrogens is 272 g/mol. The van der Waals surface area contributed by atoms with Gasteiger partial charge in [0.1, 0.15) is 5.15 Å². The second kappa shape index (κ2) is 5.54. The van der Waals surface area contributed by atoms with Crippen LogP contribution in [-0.2, 0) is 13.6 Å². The summed E-state index contributed by atoms with van der Waals surface area (Å²) in [4.78, 5) is 6.88. The van der Waals surface area contributed by atoms with Gasteiger partial charge in [0.2, 0.25) is 0 Å². The summed E-state index contributed by atoms with van der Waals surface area (Å²) in [5.41, 5.74) is 3.33. The lowest BCUT2D eigenvalue weighted by molar-refractivity contribution is 0.245. The number of likely N-dealkylation sites (tertiary alicyclic amines) is 1. The van der Waals surface area contributed by atoms with Gasteiger partial charge in [0.25, 0.3) is 0 Å². The van der Waals surface area contributed by atoms with Crippen molar-refractivity contribution in [2.24, 2.45) is 7.05 Å². The predicted molar refractivity (Wildman–Crippen MR) is 79.6 cm³/mol. The summed E-state index contributed by atoms with van der Waals surface area (Å²) in [5, 5.41) is 5.20. The molecule has 0 aliphatic carbocycles. The number of aromatic nitrogens is 3. The molecule has 1 saturated heterocycles. The first-order valence-corrected chi connectivity index (χ1v) is 7.37. The highest BCUT2D eigenvalue weighted by Gasteiger charge is 2.31. The zero-order valence-electron chi connectivity index (χ0n) is 11.9. The summed E-state index contributed by atoms with van der Waals surface area (Å²) in [6, 6.07) is 6.42. The van der Waals surface area contributed by atoms with E-state index < -0.39 is 0 Å². The Kier molecular flexibility index (Phi) is 3.76. The van der Waals surface area contributed by atoms with Gasteiger partial charge in [0.15, 0.2) is 0 Å². The van der Waals surface area contributed by atoms with Crippen molar-refractivity contribution in [2.75, 3.05) is 6.54 Å². The molecule has 0 spiro atoms. The topological polar surface area (TPSA) is 34.0 Å². The van der Waals surface area contributed by atoms with E-state index >= 15 is 0 Å². The molecule has 3 heterocycles. The molecule has 1 fully saturated rings. The summed E-state index contributed by atoms with van der Waals surface area (Å²) in [7, 11) is 1.90. The zero-order chi connectivity index (χ0) is 14.1. The van der Waals surface area contributed by atoms with Gasteiger partial charge in [0, 0.05) is 31.4 Å². The molecule has 1 aliphatic heterocycles. The lowest BCUT2D eigenvalue weighted by atomic mass is 10.1. The van der Waals surface area contributed by atoms with Crippen LogP contribution in [-0.4, -0.2) is 26.2 Å². The van der Waals surface area contributed by atoms with Crippen LogP contribution in [0.15, 0.2) is 24.4 Å². The number of halogens is 1. The SMILES string of the molecule is Cc1nn(C)c(Cl)c1[C@H]1CCCN1Cc1ccccn1. The number of hydrogen-bond acceptors (Lipinski definition) is 3. The Labute approximate surface area is 124 Å². The molecule has 4 nitrogen and oxygen atoms in total. The molecule has 2 aromatic rings. The van der Waals surface area contributed by atoms with Gasteiger partial charge in [-0.3, -0.25) is 14.6 Å². The van der Waals surface area contributed by atoms with Gasteiger partial charge in [0.05, 0.1) is 11.4 Å². The summed E-state index contributed by atoms with van der Waals surface area (Å²) in [6.07, 6.45) is 4.18. The van der Waals surface area contributed by atoms with Crippen LogP contribution in [0.1, 0.15) is 35.8 Å². The average Bonchev–Trinajstić information content (AvgIpc) is 2.97. The second-order valence-electron chi connectivity index (χ2n) is 5.36. The number of rotatable bonds is 3. The van der Waals surface area contributed by atoms with E-state index in [0.29, 0.717) is 6.04 Å². The van der Waals surface area contributed by atoms with Crippen molar-refractivity contribution in [1.29, 1.82) is 0 Å². The molecule has 1 atom stereocenters. The quantitative estimate of drug-likeness (QED) is 0.871. The second-order valence-corrected chi connectivity index (χ2v) is 5.72. The van der Waals surface area contributed by atoms with Gasteiger partial charge in [-0.2, -0.15) is 5.10 Å². The fourth-order valence-corrected chi connectivity index (χ4v) is 3.37. The van der Waals surface area contributed by atoms with E-state index in [9.17, 15) is 0 Å². The van der Waals surface area contributed by atoms with E-state index in [1.807, 2.05) is 32.3 Å². The number of aryl methyl sites for hydroxylation is 2. The first-order valence-electron chi connectivity index (χ1n) is 7.00. The van der Waals surface area contributed by atoms with Crippen molar-refractivity contribution < 1.29 is 0 Å². The smallest absolute Gasteiger partial charge is 0.131 e. The largest absolute Gasteiger partial charge is 0.290 e. The molecule has 106 valence electrons. The van der Waals surface area contributed by atoms with Crippen molar-refractivity contribution in [1.82, 2.24) is 19.7 Å². The number of nitrogens with zero attached hydrogens (tertiary/aromatic N) is 4. The Morgan fingerprint density at radius 1 is 1.40 bits per heavy atom. The van der Waals surface area contributed by atoms with Crippen LogP contribution < -0.4 is 0 Å². The minimum atomic E-state index is 0.359. The van der Waals surface area contributed by atoms with Crippen LogP contribution in [0, 0.1) is 6.92 Å². The Hall–Kier alpha value is -1.39. The highest BCUT2D eigenvalue weighted by molar-refractivity contribution is 6.30. The average molecular weight is 291 g/mol. The van der Waals surface area contributed by atoms with Crippen molar-refractivity contribution in [2.45, 2.75) is 32.4 Å². The minimum Gasteiger partial charge on any atom is -0.290 e. The highest BCUT2D eigenvalue weighted by atomic mass is 35.5. The van der Waals surface area contributed by atoms with Crippen molar-refractivity contribution >= 4 is 11.6 Å². The zero-order valence-corrected chi connectivity index (χ0v) is 12.6. The van der Waals surface area contributed by atoms with Gasteiger partial charge in [-0.25, -0.2) is 0 Å². The van der Waals surface area contributed by atoms with Crippen LogP contribution >= 0.6 is 11.6 Å². The fraction of sp³-hybridized carbons (Fsp3) is 0.467. The Morgan fingerprint density at radius 2 is 2.25 bits per heavy atom. The van der Waals surface area contributed by atoms with Crippen LogP contribution in [0.3, 0.4) is 0 Å². The van der Waals surface area contributed by atoms with Crippen LogP contribution in [0.5, 0.6) is 0 Å². The summed E-state index contributed by atoms with van der Waals surface area (Å²) < 4.78 is 1.77. The van der Waals surface area contributed by atoms with Crippen LogP contribution in [0.25, 0.3) is 0 Å². The summed E-state index contributed by atoms with van der Waals surface area (Å²) in [6.45, 7) is 4.00. The first-order chi connectivity index (χ1) is 9.66. The Bertz CT molecular complexity index is 593. The van der Waals surface area contributed by atoms with Gasteiger partial charge in [-0.15, -0.1) is 0 Å². The van der Waals surface area contributed by atoms with Crippen LogP contribution in [0.2, 0.25) is 5.15 Å². The maximum absolute atomic E-state index is 6.42. The maximum Gasteiger partial charge on any atom is 0.131 e. The van der Waals surface area contributed by atoms with Gasteiger partial charge < -0.3 is 0 Å². The molecule has 3 rings (SSSR count). The molecule has 0 unspecified atom stereocenters. The number of hydrogen-bond donors (Lipinski definition) is 0. The summed E-state index contributed by atoms with van der Waals surface area (Å²) >= 11 is 6.42. The third-order valence-corrected chi connectivity index (χ3v) is 4.43. The lowest BCUT2D eigenvalue weighted by Crippen LogP contribution is -2.23. The first kappa shape index (κ1) is 13.6. The molecule has 0 bridgehead atoms. The molecule has 0 radical (unpaired) electrons. The maximum atomic E-state index is 6.42. The highest BCUT2D eigenvalue weighted by Crippen LogP contribution is 2.38. The number of pyridine rings is 1. The van der Waals surface area contributed by atoms with Crippen LogP contribution in [0.4, 0.5) is 0 Å². The molecule has 0 amide bonds. The van der Waals surface area contributed by atoms with Crippen molar-refractivity contribution in [3.63, 3.8) is 0 Å². The van der Waals surface area contributed by atoms with Gasteiger partial charge >= 0.3 is 0 Å². The molecule has 1 aliphatic rings. The van der Waals surface area contributed by atoms with E-state index in [2.05, 4.69) is 21.0 Å². The molecule has 0 aromatic carbocycles. The van der Waals surface area contributed by atoms with E-state index in [-0.39, 0.29) is 0 Å². The van der Waals surface area contributed by atoms with E-state index in [1.54, 1.807) is 4.68 Å². The monoisotopic (exact) mass is 290 g/mol. The molecule has 0 N–H and O–H groups in total. The predicted octanol–water partition coefficient (Wildman–Crippen LogP) is 3.11. The van der Waals surface area contributed by atoms with E-state index in [0.717, 1.165) is 36.1 Å². The third-order valence-electron chi connectivity index (χ3n) is 3.98. The normalized spacial score (nSPS) is 19.6. The van der Waals surface area contributed by atoms with Crippen molar-refractivity contribution in [3.8, 4) is 0 Å². The third kappa shape index (κ3) is 2.45. The van der Waals surface area contributed by atoms with Gasteiger partial charge in [-0.05, 0) is 38.4 Å². The molecular formula is C15H19ClN4. The molecule has 2 aromatic heterocycles. The molecule has 0 saturated carbocycles. The minimum absolute atomic E-state index is 0.359.